The highest BCUT2D eigenvalue weighted by atomic mass is 31.2. The fourth-order valence-corrected chi connectivity index (χ4v) is 9.41. The zero-order chi connectivity index (χ0) is 58.3. The van der Waals surface area contributed by atoms with Crippen LogP contribution in [0.4, 0.5) is 0 Å². The summed E-state index contributed by atoms with van der Waals surface area (Å²) in [4.78, 5) is 48.8. The number of hydrogen-bond acceptors (Lipinski definition) is 10. The number of carbonyl (C=O) groups excluding carboxylic acids is 3. The molecule has 0 heterocycles. The SMILES string of the molecule is CC/C=C\C/C=C\C/C=C\C/C=C\C/C=C\CCCCCC(=O)OC(COC(=O)CCCCCCCC/C=C\C/C=C\C/C=C\CCCCC)COP(=O)(O)OCC(CO)OC(=O)CCCCCCCCCCCCCCCCC. The van der Waals surface area contributed by atoms with Crippen LogP contribution in [0.25, 0.3) is 0 Å². The van der Waals surface area contributed by atoms with Crippen LogP contribution < -0.4 is 0 Å². The van der Waals surface area contributed by atoms with Gasteiger partial charge in [0.05, 0.1) is 19.8 Å². The van der Waals surface area contributed by atoms with Gasteiger partial charge in [0.1, 0.15) is 12.7 Å². The maximum atomic E-state index is 13.0. The fourth-order valence-electron chi connectivity index (χ4n) is 8.63. The Bertz CT molecular complexity index is 1710. The molecule has 0 aromatic rings. The van der Waals surface area contributed by atoms with E-state index in [0.717, 1.165) is 122 Å². The van der Waals surface area contributed by atoms with E-state index in [1.54, 1.807) is 0 Å². The first-order chi connectivity index (χ1) is 39.2. The highest BCUT2D eigenvalue weighted by Crippen LogP contribution is 2.43. The van der Waals surface area contributed by atoms with E-state index in [-0.39, 0.29) is 25.9 Å². The summed E-state index contributed by atoms with van der Waals surface area (Å²) in [6, 6.07) is 0. The standard InChI is InChI=1S/C68H117O11P/c1-4-7-10-13-16-19-22-25-28-30-32-34-37-39-42-45-48-51-54-57-66(70)75-61-65(79-68(72)59-56-53-50-47-44-41-38-35-33-31-29-26-23-20-17-14-11-8-5-2)63-77-80(73,74)76-62-64(60-69)78-67(71)58-55-52-49-46-43-40-36-27-24-21-18-15-12-9-6-3/h8,11,16-17,19-20,25-26,28-29,32-35,41,44,64-65,69H,4-7,9-10,12-15,18,21-24,27,30-31,36-40,42-43,45-63H2,1-3H3,(H,73,74)/b11-8-,19-16-,20-17-,28-25-,29-26-,34-32-,35-33-,44-41-. The van der Waals surface area contributed by atoms with Crippen molar-refractivity contribution in [3.05, 3.63) is 97.2 Å². The number of ether oxygens (including phenoxy) is 3. The van der Waals surface area contributed by atoms with Crippen molar-refractivity contribution in [1.82, 2.24) is 0 Å². The van der Waals surface area contributed by atoms with Gasteiger partial charge in [0.25, 0.3) is 0 Å². The summed E-state index contributed by atoms with van der Waals surface area (Å²) in [7, 11) is -4.77. The van der Waals surface area contributed by atoms with Gasteiger partial charge in [-0.2, -0.15) is 0 Å². The van der Waals surface area contributed by atoms with Gasteiger partial charge in [-0.1, -0.05) is 253 Å². The average molecular weight is 1140 g/mol. The Balaban J connectivity index is 4.79. The van der Waals surface area contributed by atoms with E-state index in [1.165, 1.54) is 96.3 Å². The highest BCUT2D eigenvalue weighted by Gasteiger charge is 2.28. The third kappa shape index (κ3) is 59.0. The van der Waals surface area contributed by atoms with Crippen molar-refractivity contribution in [2.45, 2.75) is 290 Å². The molecule has 11 nitrogen and oxygen atoms in total. The van der Waals surface area contributed by atoms with Gasteiger partial charge in [0, 0.05) is 19.3 Å². The Kier molecular flexibility index (Phi) is 58.7. The van der Waals surface area contributed by atoms with Crippen molar-refractivity contribution in [1.29, 1.82) is 0 Å². The minimum atomic E-state index is -4.77. The topological polar surface area (TPSA) is 155 Å². The van der Waals surface area contributed by atoms with Gasteiger partial charge >= 0.3 is 25.7 Å². The van der Waals surface area contributed by atoms with Crippen molar-refractivity contribution >= 4 is 25.7 Å². The molecule has 0 aliphatic carbocycles. The minimum Gasteiger partial charge on any atom is -0.462 e. The smallest absolute Gasteiger partial charge is 0.462 e. The zero-order valence-electron chi connectivity index (χ0n) is 51.0. The molecule has 3 unspecified atom stereocenters. The molecule has 80 heavy (non-hydrogen) atoms. The number of allylic oxidation sites excluding steroid dienone is 16. The predicted molar refractivity (Wildman–Crippen MR) is 334 cm³/mol. The molecule has 0 radical (unpaired) electrons. The molecule has 0 aliphatic heterocycles. The number of phosphoric ester groups is 1. The van der Waals surface area contributed by atoms with Crippen LogP contribution >= 0.6 is 7.82 Å². The van der Waals surface area contributed by atoms with E-state index >= 15 is 0 Å². The van der Waals surface area contributed by atoms with E-state index in [9.17, 15) is 28.9 Å². The minimum absolute atomic E-state index is 0.122. The lowest BCUT2D eigenvalue weighted by atomic mass is 10.0. The number of phosphoric acid groups is 1. The van der Waals surface area contributed by atoms with E-state index < -0.39 is 57.8 Å². The summed E-state index contributed by atoms with van der Waals surface area (Å²) >= 11 is 0. The third-order valence-corrected chi connectivity index (χ3v) is 14.4. The maximum absolute atomic E-state index is 13.0. The lowest BCUT2D eigenvalue weighted by Crippen LogP contribution is -2.30. The first-order valence-corrected chi connectivity index (χ1v) is 33.6. The molecule has 12 heteroatoms. The molecule has 0 rings (SSSR count). The second kappa shape index (κ2) is 61.5. The van der Waals surface area contributed by atoms with Crippen molar-refractivity contribution < 1.29 is 52.2 Å². The second-order valence-electron chi connectivity index (χ2n) is 21.2. The first-order valence-electron chi connectivity index (χ1n) is 32.1. The van der Waals surface area contributed by atoms with Gasteiger partial charge in [0.2, 0.25) is 0 Å². The van der Waals surface area contributed by atoms with Crippen molar-refractivity contribution in [3.8, 4) is 0 Å². The Labute approximate surface area is 489 Å². The summed E-state index contributed by atoms with van der Waals surface area (Å²) in [5.41, 5.74) is 0. The molecule has 0 aromatic heterocycles. The molecule has 0 spiro atoms. The monoisotopic (exact) mass is 1140 g/mol. The second-order valence-corrected chi connectivity index (χ2v) is 22.7. The molecular formula is C68H117O11P. The van der Waals surface area contributed by atoms with Crippen LogP contribution in [0.5, 0.6) is 0 Å². The van der Waals surface area contributed by atoms with Crippen LogP contribution in [0, 0.1) is 0 Å². The molecule has 0 aromatic carbocycles. The number of hydrogen-bond donors (Lipinski definition) is 2. The van der Waals surface area contributed by atoms with Gasteiger partial charge < -0.3 is 24.2 Å². The Morgan fingerprint density at radius 1 is 0.362 bits per heavy atom. The van der Waals surface area contributed by atoms with Gasteiger partial charge in [-0.15, -0.1) is 0 Å². The number of aliphatic hydroxyl groups excluding tert-OH is 1. The van der Waals surface area contributed by atoms with Gasteiger partial charge in [-0.05, 0) is 103 Å². The highest BCUT2D eigenvalue weighted by molar-refractivity contribution is 7.47. The van der Waals surface area contributed by atoms with E-state index in [1.807, 2.05) is 0 Å². The van der Waals surface area contributed by atoms with Crippen LogP contribution in [0.3, 0.4) is 0 Å². The number of rotatable bonds is 59. The molecule has 0 fully saturated rings. The van der Waals surface area contributed by atoms with Crippen molar-refractivity contribution in [3.63, 3.8) is 0 Å². The number of aliphatic hydroxyl groups is 1. The van der Waals surface area contributed by atoms with Crippen LogP contribution in [-0.2, 0) is 42.2 Å². The fraction of sp³-hybridized carbons (Fsp3) is 0.721. The summed E-state index contributed by atoms with van der Waals surface area (Å²) < 4.78 is 39.6. The van der Waals surface area contributed by atoms with Gasteiger partial charge in [-0.3, -0.25) is 23.4 Å². The van der Waals surface area contributed by atoms with Gasteiger partial charge in [0.15, 0.2) is 6.10 Å². The largest absolute Gasteiger partial charge is 0.472 e. The molecule has 0 saturated carbocycles. The molecule has 2 N–H and O–H groups in total. The zero-order valence-corrected chi connectivity index (χ0v) is 51.9. The number of carbonyl (C=O) groups is 3. The Morgan fingerprint density at radius 2 is 0.650 bits per heavy atom. The molecule has 0 aliphatic rings. The van der Waals surface area contributed by atoms with E-state index in [0.29, 0.717) is 19.3 Å². The quantitative estimate of drug-likeness (QED) is 0.0197. The summed E-state index contributed by atoms with van der Waals surface area (Å²) in [6.45, 7) is 4.48. The van der Waals surface area contributed by atoms with E-state index in [4.69, 9.17) is 23.3 Å². The lowest BCUT2D eigenvalue weighted by molar-refractivity contribution is -0.161. The molecule has 460 valence electrons. The Morgan fingerprint density at radius 3 is 1.04 bits per heavy atom. The predicted octanol–water partition coefficient (Wildman–Crippen LogP) is 19.6. The summed E-state index contributed by atoms with van der Waals surface area (Å²) in [6.07, 6.45) is 73.5. The molecule has 0 bridgehead atoms. The van der Waals surface area contributed by atoms with Crippen LogP contribution in [0.15, 0.2) is 97.2 Å². The van der Waals surface area contributed by atoms with E-state index in [2.05, 4.69) is 118 Å². The maximum Gasteiger partial charge on any atom is 0.472 e. The number of unbranched alkanes of at least 4 members (excludes halogenated alkanes) is 26. The first kappa shape index (κ1) is 76.4. The average Bonchev–Trinajstić information content (AvgIpc) is 3.45. The molecule has 0 amide bonds. The normalized spacial score (nSPS) is 13.9. The lowest BCUT2D eigenvalue weighted by Gasteiger charge is -2.21. The summed E-state index contributed by atoms with van der Waals surface area (Å²) in [5.74, 6) is -1.51. The number of esters is 3. The summed E-state index contributed by atoms with van der Waals surface area (Å²) in [5, 5.41) is 9.85. The van der Waals surface area contributed by atoms with Crippen molar-refractivity contribution in [2.75, 3.05) is 26.4 Å². The molecular weight excluding hydrogens is 1020 g/mol. The van der Waals surface area contributed by atoms with Gasteiger partial charge in [-0.25, -0.2) is 4.57 Å². The third-order valence-electron chi connectivity index (χ3n) is 13.5. The van der Waals surface area contributed by atoms with Crippen molar-refractivity contribution in [2.24, 2.45) is 0 Å². The van der Waals surface area contributed by atoms with Crippen LogP contribution in [0.1, 0.15) is 278 Å². The van der Waals surface area contributed by atoms with Crippen LogP contribution in [0.2, 0.25) is 0 Å². The van der Waals surface area contributed by atoms with Crippen LogP contribution in [-0.4, -0.2) is 66.5 Å². The Hall–Kier alpha value is -3.60. The molecule has 0 saturated heterocycles. The molecule has 3 atom stereocenters.